The van der Waals surface area contributed by atoms with Gasteiger partial charge in [0.05, 0.1) is 31.3 Å². The smallest absolute Gasteiger partial charge is 0.420 e. The number of aryl methyl sites for hydroxylation is 1. The first-order valence-corrected chi connectivity index (χ1v) is 14.8. The third kappa shape index (κ3) is 7.92. The summed E-state index contributed by atoms with van der Waals surface area (Å²) in [5.74, 6) is -0.389. The Morgan fingerprint density at radius 1 is 0.932 bits per heavy atom. The largest absolute Gasteiger partial charge is 0.516 e. The minimum absolute atomic E-state index is 0.0211. The van der Waals surface area contributed by atoms with E-state index < -0.39 is 29.6 Å². The molecule has 0 N–H and O–H groups in total. The molecule has 0 bridgehead atoms. The Hall–Kier alpha value is -3.59. The quantitative estimate of drug-likeness (QED) is 0.128. The van der Waals surface area contributed by atoms with E-state index in [0.717, 1.165) is 34.5 Å². The number of hydrogen-bond donors (Lipinski definition) is 0. The second kappa shape index (κ2) is 13.6. The number of amides is 1. The molecular formula is C35H38F6NO2+. The van der Waals surface area contributed by atoms with E-state index in [1.54, 1.807) is 19.2 Å². The molecule has 3 aromatic carbocycles. The molecule has 0 aromatic heterocycles. The summed E-state index contributed by atoms with van der Waals surface area (Å²) in [6.07, 6.45) is -3.75. The fourth-order valence-electron chi connectivity index (χ4n) is 5.88. The van der Waals surface area contributed by atoms with Gasteiger partial charge in [-0.15, -0.1) is 0 Å². The summed E-state index contributed by atoms with van der Waals surface area (Å²) < 4.78 is 85.0. The summed E-state index contributed by atoms with van der Waals surface area (Å²) in [4.78, 5) is 13.8. The van der Waals surface area contributed by atoms with E-state index in [-0.39, 0.29) is 29.0 Å². The van der Waals surface area contributed by atoms with Gasteiger partial charge in [-0.25, -0.2) is 4.48 Å². The van der Waals surface area contributed by atoms with Crippen molar-refractivity contribution in [3.63, 3.8) is 0 Å². The van der Waals surface area contributed by atoms with Crippen molar-refractivity contribution in [3.05, 3.63) is 107 Å². The Morgan fingerprint density at radius 3 is 2.36 bits per heavy atom. The van der Waals surface area contributed by atoms with Crippen molar-refractivity contribution in [3.8, 4) is 0 Å². The van der Waals surface area contributed by atoms with E-state index in [2.05, 4.69) is 0 Å². The fourth-order valence-corrected chi connectivity index (χ4v) is 5.88. The number of carbonyl (C=O) groups excluding carboxylic acids is 1. The van der Waals surface area contributed by atoms with Gasteiger partial charge < -0.3 is 4.74 Å². The Morgan fingerprint density at radius 2 is 1.64 bits per heavy atom. The molecule has 0 fully saturated rings. The highest BCUT2D eigenvalue weighted by Crippen LogP contribution is 2.37. The number of alkyl halides is 6. The molecule has 4 rings (SSSR count). The van der Waals surface area contributed by atoms with E-state index >= 15 is 0 Å². The van der Waals surface area contributed by atoms with Gasteiger partial charge in [-0.3, -0.25) is 0 Å². The number of allylic oxidation sites excluding steroid dienone is 4. The van der Waals surface area contributed by atoms with Crippen molar-refractivity contribution >= 4 is 16.9 Å². The zero-order chi connectivity index (χ0) is 32.1. The number of nitrogens with zero attached hydrogens (tertiary/aromatic N) is 1. The Bertz CT molecular complexity index is 1500. The first-order valence-electron chi connectivity index (χ1n) is 14.8. The lowest BCUT2D eigenvalue weighted by atomic mass is 9.83. The topological polar surface area (TPSA) is 26.3 Å². The summed E-state index contributed by atoms with van der Waals surface area (Å²) >= 11 is 0. The summed E-state index contributed by atoms with van der Waals surface area (Å²) in [7, 11) is 1.78. The van der Waals surface area contributed by atoms with Crippen LogP contribution >= 0.6 is 0 Å². The van der Waals surface area contributed by atoms with Crippen molar-refractivity contribution in [2.75, 3.05) is 20.2 Å². The molecule has 0 heterocycles. The van der Waals surface area contributed by atoms with Crippen LogP contribution in [0, 0.1) is 11.8 Å². The molecule has 0 aliphatic heterocycles. The molecule has 3 unspecified atom stereocenters. The second-order valence-corrected chi connectivity index (χ2v) is 11.8. The van der Waals surface area contributed by atoms with Crippen molar-refractivity contribution in [1.82, 2.24) is 0 Å². The molecule has 3 aromatic rings. The van der Waals surface area contributed by atoms with Gasteiger partial charge in [-0.05, 0) is 66.8 Å². The van der Waals surface area contributed by atoms with Crippen molar-refractivity contribution in [2.45, 2.75) is 57.9 Å². The van der Waals surface area contributed by atoms with Crippen LogP contribution in [0.4, 0.5) is 31.1 Å². The number of ether oxygens (including phenoxy) is 1. The highest BCUT2D eigenvalue weighted by atomic mass is 19.4. The van der Waals surface area contributed by atoms with Gasteiger partial charge in [0.25, 0.3) is 0 Å². The number of fused-ring (bicyclic) bond motifs is 1. The van der Waals surface area contributed by atoms with Crippen LogP contribution in [0.5, 0.6) is 0 Å². The van der Waals surface area contributed by atoms with Crippen LogP contribution in [-0.2, 0) is 17.3 Å². The normalized spacial score (nSPS) is 19.3. The van der Waals surface area contributed by atoms with Gasteiger partial charge in [-0.2, -0.15) is 31.1 Å². The lowest BCUT2D eigenvalue weighted by molar-refractivity contribution is -0.868. The summed E-state index contributed by atoms with van der Waals surface area (Å²) in [5, 5.41) is 2.01. The lowest BCUT2D eigenvalue weighted by Gasteiger charge is -2.37. The number of quaternary nitrogens is 1. The maximum Gasteiger partial charge on any atom is 0.516 e. The Labute approximate surface area is 254 Å². The van der Waals surface area contributed by atoms with E-state index in [1.165, 1.54) is 12.1 Å². The van der Waals surface area contributed by atoms with Gasteiger partial charge in [-0.1, -0.05) is 85.8 Å². The van der Waals surface area contributed by atoms with Crippen molar-refractivity contribution in [2.24, 2.45) is 11.8 Å². The van der Waals surface area contributed by atoms with E-state index in [1.807, 2.05) is 56.3 Å². The number of carbonyl (C=O) groups is 1. The first-order chi connectivity index (χ1) is 20.7. The SMILES string of the molecule is CC1C=CC(C(F)(F)F)=CC1CCC[N+](C)(C(=O)OCCCc1cccc(C(F)(F)F)c1)[C@H](C)c1cccc2ccccc12. The predicted octanol–water partition coefficient (Wildman–Crippen LogP) is 10.2. The molecule has 1 aliphatic carbocycles. The van der Waals surface area contributed by atoms with Gasteiger partial charge in [0.2, 0.25) is 0 Å². The second-order valence-electron chi connectivity index (χ2n) is 11.8. The fraction of sp³-hybridized carbons (Fsp3) is 0.400. The molecule has 0 radical (unpaired) electrons. The maximum atomic E-state index is 13.8. The number of benzene rings is 3. The molecule has 3 nitrogen and oxygen atoms in total. The number of halogens is 6. The van der Waals surface area contributed by atoms with Crippen LogP contribution in [-0.4, -0.2) is 37.0 Å². The summed E-state index contributed by atoms with van der Waals surface area (Å²) in [6, 6.07) is 18.5. The highest BCUT2D eigenvalue weighted by Gasteiger charge is 2.41. The molecule has 44 heavy (non-hydrogen) atoms. The number of rotatable bonds is 10. The van der Waals surface area contributed by atoms with Crippen LogP contribution in [0.2, 0.25) is 0 Å². The van der Waals surface area contributed by atoms with Gasteiger partial charge in [0.1, 0.15) is 6.04 Å². The van der Waals surface area contributed by atoms with Gasteiger partial charge >= 0.3 is 18.4 Å². The average Bonchev–Trinajstić information content (AvgIpc) is 2.98. The van der Waals surface area contributed by atoms with Crippen LogP contribution in [0.3, 0.4) is 0 Å². The van der Waals surface area contributed by atoms with Crippen molar-refractivity contribution in [1.29, 1.82) is 0 Å². The monoisotopic (exact) mass is 618 g/mol. The predicted molar refractivity (Wildman–Crippen MR) is 160 cm³/mol. The summed E-state index contributed by atoms with van der Waals surface area (Å²) in [6.45, 7) is 4.18. The molecule has 0 spiro atoms. The molecule has 9 heteroatoms. The van der Waals surface area contributed by atoms with Crippen LogP contribution in [0.15, 0.2) is 90.5 Å². The third-order valence-electron chi connectivity index (χ3n) is 8.77. The van der Waals surface area contributed by atoms with Crippen LogP contribution in [0.1, 0.15) is 55.8 Å². The Kier molecular flexibility index (Phi) is 10.3. The number of hydrogen-bond acceptors (Lipinski definition) is 2. The van der Waals surface area contributed by atoms with E-state index in [9.17, 15) is 31.1 Å². The molecule has 0 saturated carbocycles. The third-order valence-corrected chi connectivity index (χ3v) is 8.77. The van der Waals surface area contributed by atoms with E-state index in [0.29, 0.717) is 37.8 Å². The van der Waals surface area contributed by atoms with Crippen molar-refractivity contribution < 1.29 is 40.4 Å². The molecule has 0 saturated heterocycles. The average molecular weight is 619 g/mol. The minimum atomic E-state index is -4.44. The summed E-state index contributed by atoms with van der Waals surface area (Å²) in [5.41, 5.74) is 0.0706. The lowest BCUT2D eigenvalue weighted by Crippen LogP contribution is -2.52. The maximum absolute atomic E-state index is 13.8. The highest BCUT2D eigenvalue weighted by molar-refractivity contribution is 5.86. The van der Waals surface area contributed by atoms with Gasteiger partial charge in [0.15, 0.2) is 0 Å². The van der Waals surface area contributed by atoms with E-state index in [4.69, 9.17) is 4.74 Å². The zero-order valence-corrected chi connectivity index (χ0v) is 25.1. The molecule has 1 amide bonds. The minimum Gasteiger partial charge on any atom is -0.420 e. The zero-order valence-electron chi connectivity index (χ0n) is 25.1. The molecule has 236 valence electrons. The van der Waals surface area contributed by atoms with Crippen LogP contribution in [0.25, 0.3) is 10.8 Å². The van der Waals surface area contributed by atoms with Crippen LogP contribution < -0.4 is 0 Å². The molecule has 1 aliphatic rings. The first kappa shape index (κ1) is 33.3. The van der Waals surface area contributed by atoms with Gasteiger partial charge in [0, 0.05) is 5.56 Å². The standard InChI is InChI=1S/C35H38F6NO2/c1-24-18-19-30(35(39,40)41)23-28(24)14-8-20-42(3,25(2)31-17-7-13-27-12-4-5-16-32(27)31)33(43)44-21-9-11-26-10-6-15-29(22-26)34(36,37)38/h4-7,10,12-13,15-19,22-25,28H,8-9,11,14,20-21H2,1-3H3/q+1/t24?,25-,28?,42?/m1/s1. The molecular weight excluding hydrogens is 580 g/mol. The Balaban J connectivity index is 1.50. The molecule has 4 atom stereocenters.